The number of rotatable bonds is 3. The fourth-order valence-corrected chi connectivity index (χ4v) is 2.49. The van der Waals surface area contributed by atoms with Gasteiger partial charge in [-0.05, 0) is 12.5 Å². The molecule has 1 fully saturated rings. The zero-order chi connectivity index (χ0) is 14.0. The number of carbonyl (C=O) groups excluding carboxylic acids is 1. The molecule has 1 aliphatic carbocycles. The molecule has 0 unspecified atom stereocenters. The van der Waals surface area contributed by atoms with Crippen LogP contribution in [0.2, 0.25) is 0 Å². The maximum atomic E-state index is 11.6. The molecule has 1 saturated carbocycles. The highest BCUT2D eigenvalue weighted by Crippen LogP contribution is 2.45. The summed E-state index contributed by atoms with van der Waals surface area (Å²) in [4.78, 5) is 22.7. The highest BCUT2D eigenvalue weighted by atomic mass is 16.6. The molecule has 2 N–H and O–H groups in total. The second-order valence-electron chi connectivity index (χ2n) is 4.94. The minimum absolute atomic E-state index is 0.319. The zero-order valence-corrected chi connectivity index (χ0v) is 11.0. The number of carboxylic acid groups (broad SMARTS) is 1. The minimum Gasteiger partial charge on any atom is -0.481 e. The molecular weight excluding hydrogens is 246 g/mol. The first-order valence-corrected chi connectivity index (χ1v) is 6.17. The molecule has 1 amide bonds. The molecule has 1 aromatic carbocycles. The lowest BCUT2D eigenvalue weighted by molar-refractivity contribution is -0.153. The first-order valence-electron chi connectivity index (χ1n) is 6.17. The SMILES string of the molecule is CNC(=O)OC1CC(C(=O)O)(c2cccc(C)c2)C1. The van der Waals surface area contributed by atoms with Gasteiger partial charge in [-0.1, -0.05) is 29.8 Å². The number of ether oxygens (including phenoxy) is 1. The quantitative estimate of drug-likeness (QED) is 0.872. The number of benzene rings is 1. The number of carbonyl (C=O) groups is 2. The molecule has 1 aromatic rings. The van der Waals surface area contributed by atoms with Crippen molar-refractivity contribution in [1.82, 2.24) is 5.32 Å². The van der Waals surface area contributed by atoms with Crippen molar-refractivity contribution in [2.24, 2.45) is 0 Å². The van der Waals surface area contributed by atoms with E-state index in [0.717, 1.165) is 11.1 Å². The van der Waals surface area contributed by atoms with Crippen LogP contribution in [-0.2, 0) is 14.9 Å². The van der Waals surface area contributed by atoms with Crippen LogP contribution < -0.4 is 5.32 Å². The predicted octanol–water partition coefficient (Wildman–Crippen LogP) is 1.84. The molecule has 2 rings (SSSR count). The van der Waals surface area contributed by atoms with Gasteiger partial charge in [-0.2, -0.15) is 0 Å². The summed E-state index contributed by atoms with van der Waals surface area (Å²) in [6.45, 7) is 1.93. The van der Waals surface area contributed by atoms with Gasteiger partial charge in [-0.25, -0.2) is 4.79 Å². The van der Waals surface area contributed by atoms with Crippen LogP contribution in [0.15, 0.2) is 24.3 Å². The maximum Gasteiger partial charge on any atom is 0.407 e. The largest absolute Gasteiger partial charge is 0.481 e. The van der Waals surface area contributed by atoms with E-state index in [2.05, 4.69) is 5.32 Å². The van der Waals surface area contributed by atoms with Gasteiger partial charge in [0.2, 0.25) is 0 Å². The first-order chi connectivity index (χ1) is 8.98. The summed E-state index contributed by atoms with van der Waals surface area (Å²) >= 11 is 0. The maximum absolute atomic E-state index is 11.6. The highest BCUT2D eigenvalue weighted by Gasteiger charge is 2.53. The molecule has 0 atom stereocenters. The Balaban J connectivity index is 2.16. The van der Waals surface area contributed by atoms with E-state index in [0.29, 0.717) is 12.8 Å². The van der Waals surface area contributed by atoms with Gasteiger partial charge >= 0.3 is 12.1 Å². The van der Waals surface area contributed by atoms with Gasteiger partial charge in [-0.15, -0.1) is 0 Å². The standard InChI is InChI=1S/C14H17NO4/c1-9-4-3-5-10(6-9)14(12(16)17)7-11(8-14)19-13(18)15-2/h3-6,11H,7-8H2,1-2H3,(H,15,18)(H,16,17). The Morgan fingerprint density at radius 3 is 2.63 bits per heavy atom. The van der Waals surface area contributed by atoms with E-state index in [-0.39, 0.29) is 6.10 Å². The second-order valence-corrected chi connectivity index (χ2v) is 4.94. The van der Waals surface area contributed by atoms with Gasteiger partial charge in [0.1, 0.15) is 6.10 Å². The number of hydrogen-bond acceptors (Lipinski definition) is 3. The molecule has 19 heavy (non-hydrogen) atoms. The Labute approximate surface area is 111 Å². The van der Waals surface area contributed by atoms with Crippen molar-refractivity contribution in [2.45, 2.75) is 31.3 Å². The van der Waals surface area contributed by atoms with Gasteiger partial charge < -0.3 is 15.2 Å². The fourth-order valence-electron chi connectivity index (χ4n) is 2.49. The summed E-state index contributed by atoms with van der Waals surface area (Å²) in [5, 5.41) is 11.8. The van der Waals surface area contributed by atoms with Crippen LogP contribution in [0.1, 0.15) is 24.0 Å². The third-order valence-corrected chi connectivity index (χ3v) is 3.61. The fraction of sp³-hybridized carbons (Fsp3) is 0.429. The van der Waals surface area contributed by atoms with Crippen LogP contribution >= 0.6 is 0 Å². The molecule has 0 aromatic heterocycles. The Kier molecular flexibility index (Phi) is 3.46. The molecule has 5 nitrogen and oxygen atoms in total. The van der Waals surface area contributed by atoms with Crippen LogP contribution in [0.3, 0.4) is 0 Å². The van der Waals surface area contributed by atoms with Crippen molar-refractivity contribution < 1.29 is 19.4 Å². The minimum atomic E-state index is -0.926. The Morgan fingerprint density at radius 1 is 1.42 bits per heavy atom. The average Bonchev–Trinajstić information content (AvgIpc) is 2.32. The molecule has 1 aliphatic rings. The second kappa shape index (κ2) is 4.91. The first kappa shape index (κ1) is 13.4. The number of alkyl carbamates (subject to hydrolysis) is 1. The molecule has 0 spiro atoms. The lowest BCUT2D eigenvalue weighted by Gasteiger charge is -2.43. The van der Waals surface area contributed by atoms with E-state index in [1.807, 2.05) is 31.2 Å². The summed E-state index contributed by atoms with van der Waals surface area (Å²) in [7, 11) is 1.48. The van der Waals surface area contributed by atoms with Crippen LogP contribution in [0.4, 0.5) is 4.79 Å². The molecule has 0 aliphatic heterocycles. The summed E-state index contributed by atoms with van der Waals surface area (Å²) in [6, 6.07) is 7.47. The number of carboxylic acids is 1. The number of hydrogen-bond donors (Lipinski definition) is 2. The number of aryl methyl sites for hydroxylation is 1. The predicted molar refractivity (Wildman–Crippen MR) is 69.1 cm³/mol. The lowest BCUT2D eigenvalue weighted by atomic mass is 9.62. The van der Waals surface area contributed by atoms with E-state index >= 15 is 0 Å². The smallest absolute Gasteiger partial charge is 0.407 e. The van der Waals surface area contributed by atoms with Gasteiger partial charge in [-0.3, -0.25) is 4.79 Å². The molecule has 0 heterocycles. The molecule has 0 radical (unpaired) electrons. The number of amides is 1. The third-order valence-electron chi connectivity index (χ3n) is 3.61. The van der Waals surface area contributed by atoms with Crippen molar-refractivity contribution >= 4 is 12.1 Å². The topological polar surface area (TPSA) is 75.6 Å². The lowest BCUT2D eigenvalue weighted by Crippen LogP contribution is -2.52. The normalized spacial score (nSPS) is 25.3. The Bertz CT molecular complexity index is 506. The van der Waals surface area contributed by atoms with E-state index in [1.165, 1.54) is 7.05 Å². The Morgan fingerprint density at radius 2 is 2.11 bits per heavy atom. The molecule has 102 valence electrons. The number of nitrogens with one attached hydrogen (secondary N) is 1. The van der Waals surface area contributed by atoms with Crippen molar-refractivity contribution in [2.75, 3.05) is 7.05 Å². The van der Waals surface area contributed by atoms with Crippen LogP contribution in [0.5, 0.6) is 0 Å². The zero-order valence-electron chi connectivity index (χ0n) is 11.0. The molecule has 5 heteroatoms. The third kappa shape index (κ3) is 2.41. The summed E-state index contributed by atoms with van der Waals surface area (Å²) < 4.78 is 5.08. The van der Waals surface area contributed by atoms with Crippen molar-refractivity contribution in [3.8, 4) is 0 Å². The molecule has 0 bridgehead atoms. The summed E-state index contributed by atoms with van der Waals surface area (Å²) in [5.74, 6) is -0.866. The van der Waals surface area contributed by atoms with Gasteiger partial charge in [0.15, 0.2) is 0 Å². The van der Waals surface area contributed by atoms with Gasteiger partial charge in [0.05, 0.1) is 5.41 Å². The van der Waals surface area contributed by atoms with Gasteiger partial charge in [0.25, 0.3) is 0 Å². The van der Waals surface area contributed by atoms with Crippen LogP contribution in [-0.4, -0.2) is 30.3 Å². The van der Waals surface area contributed by atoms with E-state index < -0.39 is 17.5 Å². The van der Waals surface area contributed by atoms with Crippen LogP contribution in [0, 0.1) is 6.92 Å². The average molecular weight is 263 g/mol. The molecule has 0 saturated heterocycles. The van der Waals surface area contributed by atoms with E-state index in [1.54, 1.807) is 0 Å². The highest BCUT2D eigenvalue weighted by molar-refractivity contribution is 5.83. The van der Waals surface area contributed by atoms with Crippen LogP contribution in [0.25, 0.3) is 0 Å². The van der Waals surface area contributed by atoms with Crippen molar-refractivity contribution in [3.05, 3.63) is 35.4 Å². The Hall–Kier alpha value is -2.04. The summed E-state index contributed by atoms with van der Waals surface area (Å²) in [6.07, 6.45) is -0.219. The summed E-state index contributed by atoms with van der Waals surface area (Å²) in [5.41, 5.74) is 0.871. The van der Waals surface area contributed by atoms with E-state index in [4.69, 9.17) is 4.74 Å². The monoisotopic (exact) mass is 263 g/mol. The van der Waals surface area contributed by atoms with Crippen molar-refractivity contribution in [3.63, 3.8) is 0 Å². The van der Waals surface area contributed by atoms with E-state index in [9.17, 15) is 14.7 Å². The number of aliphatic carboxylic acids is 1. The van der Waals surface area contributed by atoms with Gasteiger partial charge in [0, 0.05) is 19.9 Å². The van der Waals surface area contributed by atoms with Crippen molar-refractivity contribution in [1.29, 1.82) is 0 Å². The molecular formula is C14H17NO4.